The first-order chi connectivity index (χ1) is 16.0. The van der Waals surface area contributed by atoms with E-state index in [0.29, 0.717) is 43.0 Å². The lowest BCUT2D eigenvalue weighted by molar-refractivity contribution is -0.141. The van der Waals surface area contributed by atoms with Crippen molar-refractivity contribution in [2.24, 2.45) is 29.4 Å². The van der Waals surface area contributed by atoms with E-state index >= 15 is 0 Å². The number of hydrogen-bond donors (Lipinski definition) is 3. The smallest absolute Gasteiger partial charge is 0.335 e. The van der Waals surface area contributed by atoms with E-state index in [9.17, 15) is 14.4 Å². The van der Waals surface area contributed by atoms with Gasteiger partial charge in [0.05, 0.1) is 5.56 Å². The first kappa shape index (κ1) is 23.7. The van der Waals surface area contributed by atoms with E-state index in [2.05, 4.69) is 5.32 Å². The minimum atomic E-state index is -1.000. The minimum absolute atomic E-state index is 0.0111. The van der Waals surface area contributed by atoms with Crippen LogP contribution >= 0.6 is 0 Å². The van der Waals surface area contributed by atoms with Gasteiger partial charge in [-0.25, -0.2) is 4.79 Å². The van der Waals surface area contributed by atoms with Crippen molar-refractivity contribution in [3.8, 4) is 0 Å². The van der Waals surface area contributed by atoms with Crippen LogP contribution in [0.15, 0.2) is 24.3 Å². The molecule has 33 heavy (non-hydrogen) atoms. The van der Waals surface area contributed by atoms with Gasteiger partial charge in [0.1, 0.15) is 6.04 Å². The number of carbonyl (C=O) groups excluding carboxylic acids is 2. The number of benzene rings is 1. The molecule has 0 bridgehead atoms. The molecule has 1 aliphatic heterocycles. The van der Waals surface area contributed by atoms with Crippen molar-refractivity contribution in [1.82, 2.24) is 4.90 Å². The molecule has 1 aromatic carbocycles. The molecule has 0 unspecified atom stereocenters. The van der Waals surface area contributed by atoms with Crippen molar-refractivity contribution in [2.75, 3.05) is 18.4 Å². The van der Waals surface area contributed by atoms with Gasteiger partial charge < -0.3 is 21.1 Å². The zero-order valence-corrected chi connectivity index (χ0v) is 19.4. The number of nitrogens with two attached hydrogens (primary N) is 1. The van der Waals surface area contributed by atoms with E-state index in [1.54, 1.807) is 12.1 Å². The summed E-state index contributed by atoms with van der Waals surface area (Å²) in [6.45, 7) is 1.36. The standard InChI is InChI=1S/C26H37N3O4/c27-15-17-6-8-19(9-7-17)25(31)29-16-21(18-4-2-1-3-5-18)14-23(29)24(30)28-22-12-10-20(11-13-22)26(32)33/h10-13,17-19,21,23H,1-9,14-16,27H2,(H,28,30)(H,32,33)/t17-,19-,21-,23-/m0/s1. The predicted molar refractivity (Wildman–Crippen MR) is 127 cm³/mol. The molecule has 0 spiro atoms. The molecule has 0 aromatic heterocycles. The van der Waals surface area contributed by atoms with Crippen LogP contribution in [-0.2, 0) is 9.59 Å². The van der Waals surface area contributed by atoms with E-state index in [-0.39, 0.29) is 23.3 Å². The van der Waals surface area contributed by atoms with Gasteiger partial charge in [0.2, 0.25) is 11.8 Å². The summed E-state index contributed by atoms with van der Waals surface area (Å²) in [5.74, 6) is 0.429. The van der Waals surface area contributed by atoms with Gasteiger partial charge in [-0.2, -0.15) is 0 Å². The lowest BCUT2D eigenvalue weighted by Gasteiger charge is -2.32. The van der Waals surface area contributed by atoms with E-state index < -0.39 is 12.0 Å². The minimum Gasteiger partial charge on any atom is -0.478 e. The van der Waals surface area contributed by atoms with E-state index in [0.717, 1.165) is 25.7 Å². The van der Waals surface area contributed by atoms with Crippen LogP contribution in [-0.4, -0.2) is 46.9 Å². The molecule has 2 saturated carbocycles. The van der Waals surface area contributed by atoms with Crippen LogP contribution in [0.2, 0.25) is 0 Å². The number of carboxylic acid groups (broad SMARTS) is 1. The molecule has 7 heteroatoms. The fraction of sp³-hybridized carbons (Fsp3) is 0.654. The van der Waals surface area contributed by atoms with Crippen molar-refractivity contribution in [3.63, 3.8) is 0 Å². The molecule has 1 heterocycles. The van der Waals surface area contributed by atoms with E-state index in [4.69, 9.17) is 10.8 Å². The Labute approximate surface area is 196 Å². The Hall–Kier alpha value is -2.41. The second-order valence-electron chi connectivity index (χ2n) is 10.2. The Morgan fingerprint density at radius 2 is 1.61 bits per heavy atom. The maximum atomic E-state index is 13.6. The Kier molecular flexibility index (Phi) is 7.68. The van der Waals surface area contributed by atoms with Crippen molar-refractivity contribution in [2.45, 2.75) is 70.3 Å². The van der Waals surface area contributed by atoms with Gasteiger partial charge >= 0.3 is 5.97 Å². The van der Waals surface area contributed by atoms with Crippen LogP contribution in [0.3, 0.4) is 0 Å². The predicted octanol–water partition coefficient (Wildman–Crippen LogP) is 3.89. The number of carboxylic acids is 1. The van der Waals surface area contributed by atoms with E-state index in [1.807, 2.05) is 4.90 Å². The molecule has 3 fully saturated rings. The van der Waals surface area contributed by atoms with Gasteiger partial charge in [-0.1, -0.05) is 32.1 Å². The largest absolute Gasteiger partial charge is 0.478 e. The van der Waals surface area contributed by atoms with Crippen molar-refractivity contribution < 1.29 is 19.5 Å². The molecule has 180 valence electrons. The number of rotatable bonds is 6. The van der Waals surface area contributed by atoms with Gasteiger partial charge in [-0.3, -0.25) is 9.59 Å². The molecule has 2 atom stereocenters. The number of aromatic carboxylic acids is 1. The molecule has 4 rings (SSSR count). The summed E-state index contributed by atoms with van der Waals surface area (Å²) < 4.78 is 0. The highest BCUT2D eigenvalue weighted by molar-refractivity contribution is 5.98. The van der Waals surface area contributed by atoms with Gasteiger partial charge in [0.25, 0.3) is 0 Å². The fourth-order valence-corrected chi connectivity index (χ4v) is 6.11. The number of amides is 2. The highest BCUT2D eigenvalue weighted by Crippen LogP contribution is 2.39. The van der Waals surface area contributed by atoms with Crippen LogP contribution < -0.4 is 11.1 Å². The maximum absolute atomic E-state index is 13.6. The highest BCUT2D eigenvalue weighted by Gasteiger charge is 2.44. The molecule has 4 N–H and O–H groups in total. The number of hydrogen-bond acceptors (Lipinski definition) is 4. The van der Waals surface area contributed by atoms with Crippen LogP contribution in [0.4, 0.5) is 5.69 Å². The number of nitrogens with one attached hydrogen (secondary N) is 1. The zero-order valence-electron chi connectivity index (χ0n) is 19.4. The maximum Gasteiger partial charge on any atom is 0.335 e. The van der Waals surface area contributed by atoms with Crippen molar-refractivity contribution in [1.29, 1.82) is 0 Å². The Bertz CT molecular complexity index is 842. The Morgan fingerprint density at radius 3 is 2.21 bits per heavy atom. The summed E-state index contributed by atoms with van der Waals surface area (Å²) in [4.78, 5) is 39.8. The third-order valence-electron chi connectivity index (χ3n) is 8.16. The lowest BCUT2D eigenvalue weighted by Crippen LogP contribution is -2.46. The summed E-state index contributed by atoms with van der Waals surface area (Å²) in [5, 5.41) is 12.0. The lowest BCUT2D eigenvalue weighted by atomic mass is 9.79. The summed E-state index contributed by atoms with van der Waals surface area (Å²) >= 11 is 0. The SMILES string of the molecule is NC[C@H]1CC[C@H](C(=O)N2C[C@@H](C3CCCCC3)C[C@H]2C(=O)Nc2ccc(C(=O)O)cc2)CC1. The summed E-state index contributed by atoms with van der Waals surface area (Å²) in [7, 11) is 0. The molecule has 2 amide bonds. The second kappa shape index (κ2) is 10.7. The van der Waals surface area contributed by atoms with E-state index in [1.165, 1.54) is 44.2 Å². The highest BCUT2D eigenvalue weighted by atomic mass is 16.4. The van der Waals surface area contributed by atoms with Gasteiger partial charge in [-0.15, -0.1) is 0 Å². The third kappa shape index (κ3) is 5.57. The average Bonchev–Trinajstić information content (AvgIpc) is 3.30. The van der Waals surface area contributed by atoms with Crippen molar-refractivity contribution in [3.05, 3.63) is 29.8 Å². The van der Waals surface area contributed by atoms with Crippen LogP contribution in [0.5, 0.6) is 0 Å². The van der Waals surface area contributed by atoms with Crippen LogP contribution in [0, 0.1) is 23.7 Å². The molecule has 2 aliphatic carbocycles. The molecular weight excluding hydrogens is 418 g/mol. The molecule has 3 aliphatic rings. The molecule has 1 saturated heterocycles. The van der Waals surface area contributed by atoms with Crippen molar-refractivity contribution >= 4 is 23.5 Å². The molecule has 0 radical (unpaired) electrons. The third-order valence-corrected chi connectivity index (χ3v) is 8.16. The zero-order chi connectivity index (χ0) is 23.4. The number of anilines is 1. The number of nitrogens with zero attached hydrogens (tertiary/aromatic N) is 1. The quantitative estimate of drug-likeness (QED) is 0.602. The topological polar surface area (TPSA) is 113 Å². The first-order valence-electron chi connectivity index (χ1n) is 12.6. The molecule has 1 aromatic rings. The van der Waals surface area contributed by atoms with Gasteiger partial charge in [0, 0.05) is 18.2 Å². The monoisotopic (exact) mass is 455 g/mol. The summed E-state index contributed by atoms with van der Waals surface area (Å²) in [6.07, 6.45) is 10.6. The summed E-state index contributed by atoms with van der Waals surface area (Å²) in [5.41, 5.74) is 6.56. The molecular formula is C26H37N3O4. The Morgan fingerprint density at radius 1 is 0.939 bits per heavy atom. The average molecular weight is 456 g/mol. The first-order valence-corrected chi connectivity index (χ1v) is 12.6. The fourth-order valence-electron chi connectivity index (χ4n) is 6.11. The van der Waals surface area contributed by atoms with Crippen LogP contribution in [0.25, 0.3) is 0 Å². The van der Waals surface area contributed by atoms with Gasteiger partial charge in [-0.05, 0) is 80.7 Å². The normalized spacial score (nSPS) is 28.5. The summed E-state index contributed by atoms with van der Waals surface area (Å²) in [6, 6.07) is 5.72. The van der Waals surface area contributed by atoms with Crippen LogP contribution in [0.1, 0.15) is 74.6 Å². The Balaban J connectivity index is 1.47. The molecule has 7 nitrogen and oxygen atoms in total. The van der Waals surface area contributed by atoms with Gasteiger partial charge in [0.15, 0.2) is 0 Å². The second-order valence-corrected chi connectivity index (χ2v) is 10.2. The number of likely N-dealkylation sites (tertiary alicyclic amines) is 1. The number of carbonyl (C=O) groups is 3.